The number of amides is 4. The molecule has 3 aromatic carbocycles. The number of carbonyl (C=O) groups is 4. The quantitative estimate of drug-likeness (QED) is 0.0869. The van der Waals surface area contributed by atoms with Crippen molar-refractivity contribution < 1.29 is 29.0 Å². The highest BCUT2D eigenvalue weighted by Gasteiger charge is 2.37. The summed E-state index contributed by atoms with van der Waals surface area (Å²) in [4.78, 5) is 77.0. The molecule has 16 nitrogen and oxygen atoms in total. The zero-order valence-electron chi connectivity index (χ0n) is 31.0. The van der Waals surface area contributed by atoms with Crippen molar-refractivity contribution in [1.29, 1.82) is 0 Å². The zero-order chi connectivity index (χ0) is 39.9. The van der Waals surface area contributed by atoms with Gasteiger partial charge in [-0.1, -0.05) is 84.9 Å². The molecule has 1 aliphatic rings. The molecule has 0 unspecified atom stereocenters. The number of aromatic nitrogens is 6. The molecular weight excluding hydrogens is 729 g/mol. The molecule has 3 aromatic heterocycles. The number of aromatic amines is 2. The Morgan fingerprint density at radius 3 is 2.00 bits per heavy atom. The first kappa shape index (κ1) is 37.9. The molecule has 4 amide bonds. The number of hydrogen-bond acceptors (Lipinski definition) is 9. The summed E-state index contributed by atoms with van der Waals surface area (Å²) >= 11 is 0. The molecule has 1 aliphatic heterocycles. The number of carboxylic acid groups (broad SMARTS) is 1. The number of methoxy groups -OCH3 is 1. The number of hydrogen-bond donors (Lipinski definition) is 6. The van der Waals surface area contributed by atoms with E-state index >= 15 is 0 Å². The Kier molecular flexibility index (Phi) is 11.3. The van der Waals surface area contributed by atoms with Crippen LogP contribution in [0.1, 0.15) is 66.7 Å². The lowest BCUT2D eigenvalue weighted by Crippen LogP contribution is -2.42. The van der Waals surface area contributed by atoms with Gasteiger partial charge < -0.3 is 40.7 Å². The Balaban J connectivity index is 0.990. The largest absolute Gasteiger partial charge is 0.465 e. The van der Waals surface area contributed by atoms with E-state index < -0.39 is 36.2 Å². The van der Waals surface area contributed by atoms with E-state index in [4.69, 9.17) is 4.74 Å². The number of imidazole rings is 2. The van der Waals surface area contributed by atoms with Gasteiger partial charge in [-0.2, -0.15) is 0 Å². The SMILES string of the molecule is COC(=O)N[C@@H](C(=O)N[C@@H](C)c1ncc(-c2cnc(-c3ccc(-c4cnc([C@@H]5CCCN5C(=O)[C@H](NC(=O)O)c5ccccc5)[nH]4)cc3)nc2)[nH]1)c1ccccc1. The number of nitrogens with zero attached hydrogens (tertiary/aromatic N) is 5. The van der Waals surface area contributed by atoms with Gasteiger partial charge in [0.15, 0.2) is 5.82 Å². The summed E-state index contributed by atoms with van der Waals surface area (Å²) in [5.41, 5.74) is 4.97. The molecule has 0 radical (unpaired) electrons. The molecule has 0 saturated carbocycles. The molecule has 6 N–H and O–H groups in total. The second kappa shape index (κ2) is 17.0. The van der Waals surface area contributed by atoms with Crippen molar-refractivity contribution in [3.05, 3.63) is 132 Å². The van der Waals surface area contributed by atoms with Gasteiger partial charge in [0.1, 0.15) is 23.7 Å². The van der Waals surface area contributed by atoms with Crippen LogP contribution in [0.4, 0.5) is 9.59 Å². The summed E-state index contributed by atoms with van der Waals surface area (Å²) in [5, 5.41) is 17.3. The van der Waals surface area contributed by atoms with Gasteiger partial charge in [0.05, 0.1) is 43.0 Å². The van der Waals surface area contributed by atoms with Gasteiger partial charge in [0, 0.05) is 30.1 Å². The first-order valence-electron chi connectivity index (χ1n) is 18.3. The van der Waals surface area contributed by atoms with E-state index in [0.717, 1.165) is 23.2 Å². The highest BCUT2D eigenvalue weighted by atomic mass is 16.5. The van der Waals surface area contributed by atoms with Crippen LogP contribution < -0.4 is 16.0 Å². The fourth-order valence-corrected chi connectivity index (χ4v) is 6.80. The van der Waals surface area contributed by atoms with Gasteiger partial charge >= 0.3 is 12.2 Å². The molecule has 4 heterocycles. The third kappa shape index (κ3) is 8.64. The second-order valence-electron chi connectivity index (χ2n) is 13.4. The normalized spacial score (nSPS) is 15.3. The Hall–Kier alpha value is -7.36. The van der Waals surface area contributed by atoms with Crippen molar-refractivity contribution in [2.45, 2.75) is 43.9 Å². The zero-order valence-corrected chi connectivity index (χ0v) is 31.0. The number of H-pyrrole nitrogens is 2. The molecule has 0 aliphatic carbocycles. The number of nitrogens with one attached hydrogen (secondary N) is 5. The van der Waals surface area contributed by atoms with E-state index in [1.165, 1.54) is 7.11 Å². The topological polar surface area (TPSA) is 220 Å². The molecular formula is C41H40N10O6. The van der Waals surface area contributed by atoms with Gasteiger partial charge in [-0.25, -0.2) is 29.5 Å². The van der Waals surface area contributed by atoms with Gasteiger partial charge in [0.25, 0.3) is 5.91 Å². The third-order valence-corrected chi connectivity index (χ3v) is 9.72. The lowest BCUT2D eigenvalue weighted by atomic mass is 10.1. The smallest absolute Gasteiger partial charge is 0.407 e. The van der Waals surface area contributed by atoms with Crippen LogP contribution in [0.5, 0.6) is 0 Å². The van der Waals surface area contributed by atoms with E-state index in [1.807, 2.05) is 36.4 Å². The molecule has 1 fully saturated rings. The standard InChI is InChI=1S/C41H40N10O6/c1-24(46-38(52)33(50-41(56)57-2)26-10-5-3-6-11-26)35-44-23-31(47-35)29-20-42-36(43-21-29)28-17-15-25(16-18-28)30-22-45-37(48-30)32-14-9-19-51(32)39(53)34(49-40(54)55)27-12-7-4-8-13-27/h3-8,10-13,15-18,20-24,32-34,49H,9,14,19H2,1-2H3,(H,44,47)(H,45,48)(H,46,52)(H,50,56)(H,54,55)/t24-,32-,33+,34+/m0/s1. The Labute approximate surface area is 327 Å². The molecule has 57 heavy (non-hydrogen) atoms. The summed E-state index contributed by atoms with van der Waals surface area (Å²) in [6, 6.07) is 22.5. The van der Waals surface area contributed by atoms with E-state index in [2.05, 4.69) is 45.9 Å². The molecule has 16 heteroatoms. The fraction of sp³-hybridized carbons (Fsp3) is 0.220. The van der Waals surface area contributed by atoms with Crippen LogP contribution in [-0.4, -0.2) is 77.6 Å². The Morgan fingerprint density at radius 2 is 1.35 bits per heavy atom. The average molecular weight is 769 g/mol. The fourth-order valence-electron chi connectivity index (χ4n) is 6.80. The Bertz CT molecular complexity index is 2330. The van der Waals surface area contributed by atoms with Crippen LogP contribution in [0.3, 0.4) is 0 Å². The number of likely N-dealkylation sites (tertiary alicyclic amines) is 1. The summed E-state index contributed by atoms with van der Waals surface area (Å²) < 4.78 is 4.72. The van der Waals surface area contributed by atoms with Crippen LogP contribution in [0.25, 0.3) is 33.9 Å². The lowest BCUT2D eigenvalue weighted by Gasteiger charge is -2.28. The van der Waals surface area contributed by atoms with Crippen molar-refractivity contribution in [1.82, 2.24) is 50.8 Å². The monoisotopic (exact) mass is 768 g/mol. The van der Waals surface area contributed by atoms with E-state index in [1.54, 1.807) is 85.1 Å². The number of ether oxygens (including phenoxy) is 1. The molecule has 4 atom stereocenters. The summed E-state index contributed by atoms with van der Waals surface area (Å²) in [5.74, 6) is 0.898. The number of benzene rings is 3. The van der Waals surface area contributed by atoms with Crippen molar-refractivity contribution in [2.24, 2.45) is 0 Å². The van der Waals surface area contributed by atoms with Gasteiger partial charge in [-0.3, -0.25) is 9.59 Å². The van der Waals surface area contributed by atoms with Crippen molar-refractivity contribution in [3.8, 4) is 33.9 Å². The average Bonchev–Trinajstić information content (AvgIpc) is 4.04. The van der Waals surface area contributed by atoms with Crippen LogP contribution in [0, 0.1) is 0 Å². The second-order valence-corrected chi connectivity index (χ2v) is 13.4. The van der Waals surface area contributed by atoms with Crippen LogP contribution >= 0.6 is 0 Å². The van der Waals surface area contributed by atoms with Gasteiger partial charge in [-0.15, -0.1) is 0 Å². The van der Waals surface area contributed by atoms with E-state index in [0.29, 0.717) is 52.8 Å². The number of rotatable bonds is 12. The predicted molar refractivity (Wildman–Crippen MR) is 208 cm³/mol. The van der Waals surface area contributed by atoms with Crippen molar-refractivity contribution in [2.75, 3.05) is 13.7 Å². The van der Waals surface area contributed by atoms with E-state index in [-0.39, 0.29) is 11.9 Å². The first-order valence-corrected chi connectivity index (χ1v) is 18.3. The van der Waals surface area contributed by atoms with Crippen molar-refractivity contribution >= 4 is 24.0 Å². The first-order chi connectivity index (χ1) is 27.7. The third-order valence-electron chi connectivity index (χ3n) is 9.72. The molecule has 1 saturated heterocycles. The number of alkyl carbamates (subject to hydrolysis) is 1. The predicted octanol–water partition coefficient (Wildman–Crippen LogP) is 5.87. The maximum Gasteiger partial charge on any atom is 0.407 e. The van der Waals surface area contributed by atoms with Crippen LogP contribution in [-0.2, 0) is 14.3 Å². The minimum atomic E-state index is -1.27. The summed E-state index contributed by atoms with van der Waals surface area (Å²) in [6.45, 7) is 2.27. The van der Waals surface area contributed by atoms with Crippen LogP contribution in [0.2, 0.25) is 0 Å². The highest BCUT2D eigenvalue weighted by molar-refractivity contribution is 5.88. The highest BCUT2D eigenvalue weighted by Crippen LogP contribution is 2.34. The van der Waals surface area contributed by atoms with Gasteiger partial charge in [0.2, 0.25) is 5.91 Å². The maximum absolute atomic E-state index is 13.7. The molecule has 7 rings (SSSR count). The molecule has 0 spiro atoms. The van der Waals surface area contributed by atoms with Crippen LogP contribution in [0.15, 0.2) is 110 Å². The molecule has 290 valence electrons. The van der Waals surface area contributed by atoms with E-state index in [9.17, 15) is 24.3 Å². The van der Waals surface area contributed by atoms with Crippen molar-refractivity contribution in [3.63, 3.8) is 0 Å². The summed E-state index contributed by atoms with van der Waals surface area (Å²) in [7, 11) is 1.24. The Morgan fingerprint density at radius 1 is 0.737 bits per heavy atom. The van der Waals surface area contributed by atoms with Gasteiger partial charge in [-0.05, 0) is 36.5 Å². The number of carbonyl (C=O) groups excluding carboxylic acids is 3. The molecule has 0 bridgehead atoms. The minimum absolute atomic E-state index is 0.325. The lowest BCUT2D eigenvalue weighted by molar-refractivity contribution is -0.134. The maximum atomic E-state index is 13.7. The molecule has 6 aromatic rings. The summed E-state index contributed by atoms with van der Waals surface area (Å²) in [6.07, 6.45) is 6.20. The minimum Gasteiger partial charge on any atom is -0.465 e.